The topological polar surface area (TPSA) is 85.8 Å². The average Bonchev–Trinajstić information content (AvgIpc) is 3.22. The van der Waals surface area contributed by atoms with Crippen LogP contribution in [0.5, 0.6) is 0 Å². The average molecular weight is 395 g/mol. The van der Waals surface area contributed by atoms with Crippen molar-refractivity contribution >= 4 is 17.2 Å². The molecule has 2 aromatic heterocycles. The Morgan fingerprint density at radius 3 is 2.81 bits per heavy atom. The fourth-order valence-corrected chi connectivity index (χ4v) is 3.34. The van der Waals surface area contributed by atoms with Gasteiger partial charge >= 0.3 is 6.18 Å². The maximum absolute atomic E-state index is 12.8. The minimum absolute atomic E-state index is 0.0805. The van der Waals surface area contributed by atoms with Gasteiger partial charge in [-0.1, -0.05) is 18.2 Å². The number of carbonyl (C=O) groups excluding carboxylic acids is 1. The van der Waals surface area contributed by atoms with E-state index in [4.69, 9.17) is 5.73 Å². The van der Waals surface area contributed by atoms with Gasteiger partial charge in [0.05, 0.1) is 16.6 Å². The highest BCUT2D eigenvalue weighted by Gasteiger charge is 2.30. The number of alkyl halides is 3. The first kappa shape index (κ1) is 19.1. The highest BCUT2D eigenvalue weighted by molar-refractivity contribution is 7.12. The second-order valence-corrected chi connectivity index (χ2v) is 6.80. The molecule has 0 radical (unpaired) electrons. The van der Waals surface area contributed by atoms with Crippen LogP contribution in [0.1, 0.15) is 20.8 Å². The summed E-state index contributed by atoms with van der Waals surface area (Å²) < 4.78 is 39.9. The van der Waals surface area contributed by atoms with Gasteiger partial charge < -0.3 is 11.1 Å². The van der Waals surface area contributed by atoms with Gasteiger partial charge in [0.25, 0.3) is 5.91 Å². The van der Waals surface area contributed by atoms with Crippen molar-refractivity contribution in [1.29, 1.82) is 0 Å². The minimum Gasteiger partial charge on any atom is -0.336 e. The van der Waals surface area contributed by atoms with Crippen LogP contribution >= 0.6 is 11.3 Å². The summed E-state index contributed by atoms with van der Waals surface area (Å²) in [5.41, 5.74) is 6.29. The van der Waals surface area contributed by atoms with Gasteiger partial charge in [-0.2, -0.15) is 18.3 Å². The quantitative estimate of drug-likeness (QED) is 0.651. The number of halogens is 3. The van der Waals surface area contributed by atoms with E-state index in [1.54, 1.807) is 29.2 Å². The number of rotatable bonds is 5. The van der Waals surface area contributed by atoms with Crippen molar-refractivity contribution in [2.75, 3.05) is 0 Å². The molecule has 0 spiro atoms. The van der Waals surface area contributed by atoms with E-state index in [1.165, 1.54) is 23.7 Å². The van der Waals surface area contributed by atoms with Crippen molar-refractivity contribution in [3.63, 3.8) is 0 Å². The van der Waals surface area contributed by atoms with E-state index < -0.39 is 23.8 Å². The van der Waals surface area contributed by atoms with Crippen LogP contribution in [-0.4, -0.2) is 26.8 Å². The van der Waals surface area contributed by atoms with E-state index >= 15 is 0 Å². The summed E-state index contributed by atoms with van der Waals surface area (Å²) >= 11 is 1.22. The summed E-state index contributed by atoms with van der Waals surface area (Å²) in [6.07, 6.45) is -3.74. The van der Waals surface area contributed by atoms with Crippen molar-refractivity contribution in [2.24, 2.45) is 12.8 Å². The van der Waals surface area contributed by atoms with E-state index in [1.807, 2.05) is 0 Å². The molecule has 1 amide bonds. The van der Waals surface area contributed by atoms with Crippen molar-refractivity contribution in [2.45, 2.75) is 18.8 Å². The second-order valence-electron chi connectivity index (χ2n) is 5.89. The third kappa shape index (κ3) is 4.52. The second kappa shape index (κ2) is 7.49. The molecule has 142 valence electrons. The zero-order chi connectivity index (χ0) is 19.6. The zero-order valence-electron chi connectivity index (χ0n) is 14.2. The van der Waals surface area contributed by atoms with Crippen LogP contribution in [-0.2, 0) is 19.6 Å². The molecule has 0 aliphatic carbocycles. The molecule has 3 aromatic rings. The third-order valence-electron chi connectivity index (χ3n) is 3.82. The Balaban J connectivity index is 1.65. The van der Waals surface area contributed by atoms with Crippen LogP contribution < -0.4 is 11.1 Å². The number of nitrogens with two attached hydrogens (primary N) is 1. The molecule has 2 heterocycles. The van der Waals surface area contributed by atoms with Crippen molar-refractivity contribution < 1.29 is 18.0 Å². The van der Waals surface area contributed by atoms with Gasteiger partial charge in [0.2, 0.25) is 0 Å². The van der Waals surface area contributed by atoms with Gasteiger partial charge in [-0.05, 0) is 17.7 Å². The number of hydrogen-bond acceptors (Lipinski definition) is 5. The SMILES string of the molecule is Cn1ncnc1-c1csc(C(=O)NC(N)Cc2cccc(C(F)(F)F)c2)c1. The number of aromatic nitrogens is 3. The lowest BCUT2D eigenvalue weighted by atomic mass is 10.1. The lowest BCUT2D eigenvalue weighted by molar-refractivity contribution is -0.137. The van der Waals surface area contributed by atoms with Gasteiger partial charge in [0.15, 0.2) is 5.82 Å². The van der Waals surface area contributed by atoms with Crippen LogP contribution in [0.15, 0.2) is 42.0 Å². The molecule has 0 saturated heterocycles. The fourth-order valence-electron chi connectivity index (χ4n) is 2.55. The number of nitrogens with zero attached hydrogens (tertiary/aromatic N) is 3. The molecule has 1 unspecified atom stereocenters. The summed E-state index contributed by atoms with van der Waals surface area (Å²) in [5.74, 6) is 0.228. The molecule has 0 aliphatic rings. The molecule has 3 N–H and O–H groups in total. The molecule has 0 bridgehead atoms. The number of nitrogens with one attached hydrogen (secondary N) is 1. The smallest absolute Gasteiger partial charge is 0.336 e. The van der Waals surface area contributed by atoms with Gasteiger partial charge in [-0.15, -0.1) is 11.3 Å². The first-order chi connectivity index (χ1) is 12.7. The maximum Gasteiger partial charge on any atom is 0.416 e. The van der Waals surface area contributed by atoms with Crippen LogP contribution in [0.25, 0.3) is 11.4 Å². The van der Waals surface area contributed by atoms with E-state index in [2.05, 4.69) is 15.4 Å². The molecular formula is C17H16F3N5OS. The summed E-state index contributed by atoms with van der Waals surface area (Å²) in [6.45, 7) is 0. The third-order valence-corrected chi connectivity index (χ3v) is 4.75. The van der Waals surface area contributed by atoms with Crippen LogP contribution in [0.2, 0.25) is 0 Å². The summed E-state index contributed by atoms with van der Waals surface area (Å²) in [6, 6.07) is 6.55. The number of aryl methyl sites for hydroxylation is 1. The zero-order valence-corrected chi connectivity index (χ0v) is 15.0. The number of thiophene rings is 1. The van der Waals surface area contributed by atoms with Crippen LogP contribution in [0.3, 0.4) is 0 Å². The predicted octanol–water partition coefficient (Wildman–Crippen LogP) is 2.82. The van der Waals surface area contributed by atoms with E-state index in [9.17, 15) is 18.0 Å². The lowest BCUT2D eigenvalue weighted by Crippen LogP contribution is -2.42. The van der Waals surface area contributed by atoms with Crippen LogP contribution in [0, 0.1) is 0 Å². The first-order valence-electron chi connectivity index (χ1n) is 7.89. The van der Waals surface area contributed by atoms with E-state index in [-0.39, 0.29) is 6.42 Å². The summed E-state index contributed by atoms with van der Waals surface area (Å²) in [4.78, 5) is 16.9. The van der Waals surface area contributed by atoms with Gasteiger partial charge in [-0.25, -0.2) is 9.67 Å². The monoisotopic (exact) mass is 395 g/mol. The number of carbonyl (C=O) groups is 1. The standard InChI is InChI=1S/C17H16F3N5OS/c1-25-15(22-9-23-25)11-7-13(27-8-11)16(26)24-14(21)6-10-3-2-4-12(5-10)17(18,19)20/h2-5,7-9,14H,6,21H2,1H3,(H,24,26). The Morgan fingerprint density at radius 2 is 2.15 bits per heavy atom. The number of hydrogen-bond donors (Lipinski definition) is 2. The summed E-state index contributed by atoms with van der Waals surface area (Å²) in [5, 5.41) is 8.35. The fraction of sp³-hybridized carbons (Fsp3) is 0.235. The minimum atomic E-state index is -4.42. The van der Waals surface area contributed by atoms with Gasteiger partial charge in [0, 0.05) is 24.4 Å². The maximum atomic E-state index is 12.8. The Bertz CT molecular complexity index is 950. The first-order valence-corrected chi connectivity index (χ1v) is 8.77. The number of amides is 1. The molecule has 0 aliphatic heterocycles. The van der Waals surface area contributed by atoms with Crippen LogP contribution in [0.4, 0.5) is 13.2 Å². The number of benzene rings is 1. The normalized spacial score (nSPS) is 12.8. The summed E-state index contributed by atoms with van der Waals surface area (Å²) in [7, 11) is 1.74. The lowest BCUT2D eigenvalue weighted by Gasteiger charge is -2.14. The molecule has 0 fully saturated rings. The molecule has 0 saturated carbocycles. The molecule has 1 atom stereocenters. The molecule has 1 aromatic carbocycles. The Hall–Kier alpha value is -2.72. The van der Waals surface area contributed by atoms with Crippen molar-refractivity contribution in [1.82, 2.24) is 20.1 Å². The highest BCUT2D eigenvalue weighted by Crippen LogP contribution is 2.29. The predicted molar refractivity (Wildman–Crippen MR) is 94.9 cm³/mol. The van der Waals surface area contributed by atoms with E-state index in [0.29, 0.717) is 16.3 Å². The largest absolute Gasteiger partial charge is 0.416 e. The molecule has 3 rings (SSSR count). The van der Waals surface area contributed by atoms with Gasteiger partial charge in [-0.3, -0.25) is 4.79 Å². The van der Waals surface area contributed by atoms with E-state index in [0.717, 1.165) is 17.7 Å². The van der Waals surface area contributed by atoms with Crippen molar-refractivity contribution in [3.8, 4) is 11.4 Å². The molecule has 27 heavy (non-hydrogen) atoms. The molecule has 10 heteroatoms. The molecular weight excluding hydrogens is 379 g/mol. The van der Waals surface area contributed by atoms with Crippen molar-refractivity contribution in [3.05, 3.63) is 58.0 Å². The Kier molecular flexibility index (Phi) is 5.29. The van der Waals surface area contributed by atoms with Gasteiger partial charge in [0.1, 0.15) is 6.33 Å². The molecule has 6 nitrogen and oxygen atoms in total. The highest BCUT2D eigenvalue weighted by atomic mass is 32.1. The Morgan fingerprint density at radius 1 is 1.37 bits per heavy atom. The Labute approximate surface area is 156 Å².